The molecule has 1 aliphatic heterocycles. The second kappa shape index (κ2) is 5.63. The molecule has 1 heterocycles. The third-order valence-corrected chi connectivity index (χ3v) is 3.39. The topological polar surface area (TPSA) is 30.5 Å². The third kappa shape index (κ3) is 3.06. The van der Waals surface area contributed by atoms with Crippen molar-refractivity contribution in [1.29, 1.82) is 0 Å². The summed E-state index contributed by atoms with van der Waals surface area (Å²) in [6, 6.07) is 6.83. The van der Waals surface area contributed by atoms with Gasteiger partial charge >= 0.3 is 0 Å². The number of hydrogen-bond acceptors (Lipinski definition) is 3. The molecule has 1 N–H and O–H groups in total. The normalized spacial score (nSPS) is 17.8. The van der Waals surface area contributed by atoms with E-state index >= 15 is 0 Å². The van der Waals surface area contributed by atoms with E-state index in [9.17, 15) is 0 Å². The van der Waals surface area contributed by atoms with Gasteiger partial charge in [-0.05, 0) is 37.6 Å². The van der Waals surface area contributed by atoms with E-state index in [1.165, 1.54) is 16.7 Å². The monoisotopic (exact) mass is 235 g/mol. The van der Waals surface area contributed by atoms with Gasteiger partial charge < -0.3 is 14.8 Å². The molecular weight excluding hydrogens is 214 g/mol. The molecule has 0 spiro atoms. The van der Waals surface area contributed by atoms with Gasteiger partial charge in [0, 0.05) is 0 Å². The molecule has 1 saturated heterocycles. The van der Waals surface area contributed by atoms with Gasteiger partial charge in [0.15, 0.2) is 0 Å². The molecule has 1 aromatic carbocycles. The largest absolute Gasteiger partial charge is 0.376 e. The maximum atomic E-state index is 5.77. The van der Waals surface area contributed by atoms with Crippen molar-refractivity contribution in [3.63, 3.8) is 0 Å². The minimum Gasteiger partial charge on any atom is -0.376 e. The predicted molar refractivity (Wildman–Crippen MR) is 68.3 cm³/mol. The van der Waals surface area contributed by atoms with E-state index in [4.69, 9.17) is 9.47 Å². The van der Waals surface area contributed by atoms with Gasteiger partial charge in [0.25, 0.3) is 0 Å². The highest BCUT2D eigenvalue weighted by atomic mass is 16.6. The fourth-order valence-corrected chi connectivity index (χ4v) is 1.87. The predicted octanol–water partition coefficient (Wildman–Crippen LogP) is 1.98. The van der Waals surface area contributed by atoms with E-state index < -0.39 is 0 Å². The molecule has 0 aromatic heterocycles. The number of likely N-dealkylation sites (N-methyl/N-ethyl adjacent to an activating group) is 1. The van der Waals surface area contributed by atoms with Crippen molar-refractivity contribution in [2.24, 2.45) is 0 Å². The van der Waals surface area contributed by atoms with Gasteiger partial charge in [-0.15, -0.1) is 0 Å². The Labute approximate surface area is 103 Å². The minimum absolute atomic E-state index is 0.259. The molecule has 1 fully saturated rings. The summed E-state index contributed by atoms with van der Waals surface area (Å²) in [5, 5.41) is 3.30. The lowest BCUT2D eigenvalue weighted by atomic mass is 10.0. The Bertz CT molecular complexity index is 374. The van der Waals surface area contributed by atoms with E-state index in [2.05, 4.69) is 37.4 Å². The van der Waals surface area contributed by atoms with Crippen LogP contribution >= 0.6 is 0 Å². The molecule has 1 unspecified atom stereocenters. The second-order valence-electron chi connectivity index (χ2n) is 4.68. The first-order valence-corrected chi connectivity index (χ1v) is 6.14. The molecule has 0 bridgehead atoms. The lowest BCUT2D eigenvalue weighted by Gasteiger charge is -2.28. The lowest BCUT2D eigenvalue weighted by Crippen LogP contribution is -2.38. The maximum Gasteiger partial charge on any atom is 0.104 e. The molecule has 1 aliphatic rings. The molecule has 3 heteroatoms. The number of ether oxygens (including phenoxy) is 2. The Hall–Kier alpha value is -0.900. The van der Waals surface area contributed by atoms with Gasteiger partial charge in [0.05, 0.1) is 25.9 Å². The molecule has 0 saturated carbocycles. The van der Waals surface area contributed by atoms with E-state index in [0.717, 1.165) is 13.2 Å². The van der Waals surface area contributed by atoms with Crippen LogP contribution in [-0.2, 0) is 9.47 Å². The first kappa shape index (κ1) is 12.6. The SMILES string of the molecule is CNC(COC1COC1)c1ccc(C)c(C)c1. The van der Waals surface area contributed by atoms with Crippen molar-refractivity contribution < 1.29 is 9.47 Å². The highest BCUT2D eigenvalue weighted by Crippen LogP contribution is 2.18. The lowest BCUT2D eigenvalue weighted by molar-refractivity contribution is -0.133. The summed E-state index contributed by atoms with van der Waals surface area (Å²) in [5.41, 5.74) is 3.95. The highest BCUT2D eigenvalue weighted by Gasteiger charge is 2.20. The summed E-state index contributed by atoms with van der Waals surface area (Å²) in [4.78, 5) is 0. The van der Waals surface area contributed by atoms with Crippen LogP contribution in [0.4, 0.5) is 0 Å². The van der Waals surface area contributed by atoms with E-state index in [0.29, 0.717) is 6.61 Å². The van der Waals surface area contributed by atoms with Gasteiger partial charge in [-0.3, -0.25) is 0 Å². The van der Waals surface area contributed by atoms with Gasteiger partial charge in [0.1, 0.15) is 6.10 Å². The van der Waals surface area contributed by atoms with Crippen molar-refractivity contribution in [2.75, 3.05) is 26.9 Å². The molecule has 0 aliphatic carbocycles. The van der Waals surface area contributed by atoms with Crippen molar-refractivity contribution in [3.05, 3.63) is 34.9 Å². The van der Waals surface area contributed by atoms with Crippen LogP contribution in [0.5, 0.6) is 0 Å². The second-order valence-corrected chi connectivity index (χ2v) is 4.68. The number of benzene rings is 1. The summed E-state index contributed by atoms with van der Waals surface area (Å²) in [6.07, 6.45) is 0.289. The Morgan fingerprint density at radius 2 is 2.12 bits per heavy atom. The molecule has 1 aromatic rings. The molecule has 17 heavy (non-hydrogen) atoms. The molecule has 3 nitrogen and oxygen atoms in total. The van der Waals surface area contributed by atoms with Crippen LogP contribution in [-0.4, -0.2) is 33.0 Å². The Kier molecular flexibility index (Phi) is 4.15. The highest BCUT2D eigenvalue weighted by molar-refractivity contribution is 5.31. The van der Waals surface area contributed by atoms with Crippen molar-refractivity contribution >= 4 is 0 Å². The Morgan fingerprint density at radius 1 is 1.35 bits per heavy atom. The van der Waals surface area contributed by atoms with Crippen LogP contribution in [0, 0.1) is 13.8 Å². The number of hydrogen-bond donors (Lipinski definition) is 1. The smallest absolute Gasteiger partial charge is 0.104 e. The summed E-state index contributed by atoms with van der Waals surface area (Å²) >= 11 is 0. The minimum atomic E-state index is 0.259. The van der Waals surface area contributed by atoms with E-state index in [1.807, 2.05) is 7.05 Å². The van der Waals surface area contributed by atoms with Crippen LogP contribution in [0.2, 0.25) is 0 Å². The maximum absolute atomic E-state index is 5.77. The molecule has 0 amide bonds. The number of nitrogens with one attached hydrogen (secondary N) is 1. The third-order valence-electron chi connectivity index (χ3n) is 3.39. The summed E-state index contributed by atoms with van der Waals surface area (Å²) in [7, 11) is 1.97. The number of rotatable bonds is 5. The van der Waals surface area contributed by atoms with E-state index in [-0.39, 0.29) is 12.1 Å². The first-order valence-electron chi connectivity index (χ1n) is 6.14. The molecule has 0 radical (unpaired) electrons. The van der Waals surface area contributed by atoms with Crippen molar-refractivity contribution in [1.82, 2.24) is 5.32 Å². The van der Waals surface area contributed by atoms with Crippen LogP contribution in [0.25, 0.3) is 0 Å². The molecule has 94 valence electrons. The van der Waals surface area contributed by atoms with Crippen molar-refractivity contribution in [2.45, 2.75) is 26.0 Å². The van der Waals surface area contributed by atoms with E-state index in [1.54, 1.807) is 0 Å². The Morgan fingerprint density at radius 3 is 2.65 bits per heavy atom. The molecular formula is C14H21NO2. The fourth-order valence-electron chi connectivity index (χ4n) is 1.87. The summed E-state index contributed by atoms with van der Waals surface area (Å²) in [6.45, 7) is 6.46. The quantitative estimate of drug-likeness (QED) is 0.846. The zero-order valence-corrected chi connectivity index (χ0v) is 10.8. The van der Waals surface area contributed by atoms with Gasteiger partial charge in [-0.1, -0.05) is 18.2 Å². The van der Waals surface area contributed by atoms with Crippen LogP contribution < -0.4 is 5.32 Å². The Balaban J connectivity index is 1.97. The summed E-state index contributed by atoms with van der Waals surface area (Å²) in [5.74, 6) is 0. The average molecular weight is 235 g/mol. The van der Waals surface area contributed by atoms with Crippen LogP contribution in [0.3, 0.4) is 0 Å². The molecule has 1 atom stereocenters. The molecule has 2 rings (SSSR count). The van der Waals surface area contributed by atoms with Gasteiger partial charge in [-0.2, -0.15) is 0 Å². The van der Waals surface area contributed by atoms with Crippen LogP contribution in [0.1, 0.15) is 22.7 Å². The first-order chi connectivity index (χ1) is 8.20. The number of aryl methyl sites for hydroxylation is 2. The fraction of sp³-hybridized carbons (Fsp3) is 0.571. The zero-order chi connectivity index (χ0) is 12.3. The summed E-state index contributed by atoms with van der Waals surface area (Å²) < 4.78 is 10.9. The van der Waals surface area contributed by atoms with Crippen molar-refractivity contribution in [3.8, 4) is 0 Å². The van der Waals surface area contributed by atoms with Gasteiger partial charge in [-0.25, -0.2) is 0 Å². The standard InChI is InChI=1S/C14H21NO2/c1-10-4-5-12(6-11(10)2)14(15-3)9-17-13-7-16-8-13/h4-6,13-15H,7-9H2,1-3H3. The van der Waals surface area contributed by atoms with Crippen LogP contribution in [0.15, 0.2) is 18.2 Å². The zero-order valence-electron chi connectivity index (χ0n) is 10.8. The average Bonchev–Trinajstić information content (AvgIpc) is 2.26. The van der Waals surface area contributed by atoms with Gasteiger partial charge in [0.2, 0.25) is 0 Å².